The normalized spacial score (nSPS) is 10.5. The molecule has 0 saturated heterocycles. The predicted octanol–water partition coefficient (Wildman–Crippen LogP) is 2.75. The largest absolute Gasteiger partial charge is 0.469 e. The number of aryl methyl sites for hydroxylation is 1. The second kappa shape index (κ2) is 5.18. The van der Waals surface area contributed by atoms with Gasteiger partial charge < -0.3 is 15.1 Å². The molecule has 1 heterocycles. The van der Waals surface area contributed by atoms with Crippen molar-refractivity contribution in [2.45, 2.75) is 20.4 Å². The van der Waals surface area contributed by atoms with Crippen LogP contribution < -0.4 is 5.73 Å². The lowest BCUT2D eigenvalue weighted by molar-refractivity contribution is 0.0784. The van der Waals surface area contributed by atoms with E-state index in [9.17, 15) is 4.79 Å². The SMILES string of the molecule is Cc1occc1CN(C)C(=O)c1cccc(N)c1C. The first-order valence-corrected chi connectivity index (χ1v) is 6.14. The monoisotopic (exact) mass is 258 g/mol. The minimum absolute atomic E-state index is 0.0367. The van der Waals surface area contributed by atoms with Gasteiger partial charge in [0.2, 0.25) is 0 Å². The first-order valence-electron chi connectivity index (χ1n) is 6.14. The molecule has 0 fully saturated rings. The minimum Gasteiger partial charge on any atom is -0.469 e. The van der Waals surface area contributed by atoms with Gasteiger partial charge in [-0.25, -0.2) is 0 Å². The lowest BCUT2D eigenvalue weighted by Gasteiger charge is -2.18. The molecule has 0 aliphatic carbocycles. The maximum atomic E-state index is 12.4. The molecule has 0 atom stereocenters. The van der Waals surface area contributed by atoms with Crippen LogP contribution in [0.4, 0.5) is 5.69 Å². The van der Waals surface area contributed by atoms with Gasteiger partial charge in [0.05, 0.1) is 6.26 Å². The van der Waals surface area contributed by atoms with Crippen LogP contribution in [0.2, 0.25) is 0 Å². The van der Waals surface area contributed by atoms with Crippen molar-refractivity contribution in [1.82, 2.24) is 4.90 Å². The van der Waals surface area contributed by atoms with Crippen LogP contribution in [0, 0.1) is 13.8 Å². The zero-order chi connectivity index (χ0) is 14.0. The Balaban J connectivity index is 2.20. The Labute approximate surface area is 112 Å². The number of rotatable bonds is 3. The summed E-state index contributed by atoms with van der Waals surface area (Å²) in [6, 6.07) is 7.27. The molecule has 1 aromatic carbocycles. The maximum absolute atomic E-state index is 12.4. The fourth-order valence-electron chi connectivity index (χ4n) is 1.99. The Kier molecular flexibility index (Phi) is 3.60. The Bertz CT molecular complexity index is 602. The lowest BCUT2D eigenvalue weighted by Crippen LogP contribution is -2.27. The highest BCUT2D eigenvalue weighted by Gasteiger charge is 2.16. The van der Waals surface area contributed by atoms with Gasteiger partial charge in [0.15, 0.2) is 0 Å². The summed E-state index contributed by atoms with van der Waals surface area (Å²) in [6.07, 6.45) is 1.63. The molecule has 2 N–H and O–H groups in total. The molecule has 1 aromatic heterocycles. The highest BCUT2D eigenvalue weighted by Crippen LogP contribution is 2.18. The molecule has 1 amide bonds. The quantitative estimate of drug-likeness (QED) is 0.861. The van der Waals surface area contributed by atoms with Gasteiger partial charge in [-0.05, 0) is 37.6 Å². The Morgan fingerprint density at radius 3 is 2.68 bits per heavy atom. The van der Waals surface area contributed by atoms with Gasteiger partial charge in [-0.3, -0.25) is 4.79 Å². The van der Waals surface area contributed by atoms with E-state index in [2.05, 4.69) is 0 Å². The van der Waals surface area contributed by atoms with E-state index in [0.29, 0.717) is 17.8 Å². The molecular weight excluding hydrogens is 240 g/mol. The molecule has 0 unspecified atom stereocenters. The third-order valence-corrected chi connectivity index (χ3v) is 3.33. The van der Waals surface area contributed by atoms with Crippen molar-refractivity contribution in [2.24, 2.45) is 0 Å². The molecule has 0 bridgehead atoms. The summed E-state index contributed by atoms with van der Waals surface area (Å²) in [5.74, 6) is 0.800. The van der Waals surface area contributed by atoms with Crippen LogP contribution in [0.1, 0.15) is 27.2 Å². The molecule has 2 aromatic rings. The topological polar surface area (TPSA) is 59.5 Å². The van der Waals surface area contributed by atoms with Crippen molar-refractivity contribution in [3.05, 3.63) is 53.0 Å². The number of furan rings is 1. The van der Waals surface area contributed by atoms with Crippen molar-refractivity contribution in [3.8, 4) is 0 Å². The van der Waals surface area contributed by atoms with Crippen LogP contribution in [-0.2, 0) is 6.54 Å². The summed E-state index contributed by atoms with van der Waals surface area (Å²) in [6.45, 7) is 4.27. The fraction of sp³-hybridized carbons (Fsp3) is 0.267. The Morgan fingerprint density at radius 2 is 2.05 bits per heavy atom. The van der Waals surface area contributed by atoms with E-state index in [-0.39, 0.29) is 5.91 Å². The fourth-order valence-corrected chi connectivity index (χ4v) is 1.99. The van der Waals surface area contributed by atoms with Gasteiger partial charge in [-0.2, -0.15) is 0 Å². The number of nitrogen functional groups attached to an aromatic ring is 1. The van der Waals surface area contributed by atoms with E-state index in [4.69, 9.17) is 10.2 Å². The van der Waals surface area contributed by atoms with E-state index < -0.39 is 0 Å². The first kappa shape index (κ1) is 13.2. The van der Waals surface area contributed by atoms with Crippen LogP contribution >= 0.6 is 0 Å². The third-order valence-electron chi connectivity index (χ3n) is 3.33. The zero-order valence-electron chi connectivity index (χ0n) is 11.4. The molecule has 0 radical (unpaired) electrons. The van der Waals surface area contributed by atoms with E-state index in [1.165, 1.54) is 0 Å². The Morgan fingerprint density at radius 1 is 1.32 bits per heavy atom. The summed E-state index contributed by atoms with van der Waals surface area (Å²) in [5.41, 5.74) is 8.95. The van der Waals surface area contributed by atoms with E-state index in [0.717, 1.165) is 16.9 Å². The van der Waals surface area contributed by atoms with Crippen molar-refractivity contribution < 1.29 is 9.21 Å². The summed E-state index contributed by atoms with van der Waals surface area (Å²) in [5, 5.41) is 0. The molecule has 0 spiro atoms. The average Bonchev–Trinajstić information content (AvgIpc) is 2.77. The van der Waals surface area contributed by atoms with Crippen LogP contribution in [0.25, 0.3) is 0 Å². The van der Waals surface area contributed by atoms with Gasteiger partial charge in [-0.15, -0.1) is 0 Å². The number of nitrogens with two attached hydrogens (primary N) is 1. The highest BCUT2D eigenvalue weighted by molar-refractivity contribution is 5.96. The van der Waals surface area contributed by atoms with Crippen LogP contribution in [0.3, 0.4) is 0 Å². The van der Waals surface area contributed by atoms with Gasteiger partial charge >= 0.3 is 0 Å². The molecule has 0 saturated carbocycles. The predicted molar refractivity (Wildman–Crippen MR) is 74.8 cm³/mol. The minimum atomic E-state index is -0.0367. The molecule has 2 rings (SSSR count). The number of carbonyl (C=O) groups excluding carboxylic acids is 1. The van der Waals surface area contributed by atoms with Gasteiger partial charge in [-0.1, -0.05) is 6.07 Å². The molecular formula is C15H18N2O2. The molecule has 0 aliphatic heterocycles. The number of nitrogens with zero attached hydrogens (tertiary/aromatic N) is 1. The first-order chi connectivity index (χ1) is 9.00. The van der Waals surface area contributed by atoms with Crippen LogP contribution in [0.5, 0.6) is 0 Å². The number of benzene rings is 1. The van der Waals surface area contributed by atoms with Gasteiger partial charge in [0.25, 0.3) is 5.91 Å². The second-order valence-electron chi connectivity index (χ2n) is 4.68. The smallest absolute Gasteiger partial charge is 0.254 e. The number of hydrogen-bond acceptors (Lipinski definition) is 3. The zero-order valence-corrected chi connectivity index (χ0v) is 11.4. The highest BCUT2D eigenvalue weighted by atomic mass is 16.3. The standard InChI is InChI=1S/C15H18N2O2/c1-10-13(5-4-6-14(10)16)15(18)17(3)9-12-7-8-19-11(12)2/h4-8H,9,16H2,1-3H3. The van der Waals surface area contributed by atoms with Crippen molar-refractivity contribution >= 4 is 11.6 Å². The molecule has 100 valence electrons. The van der Waals surface area contributed by atoms with Crippen molar-refractivity contribution in [1.29, 1.82) is 0 Å². The average molecular weight is 258 g/mol. The van der Waals surface area contributed by atoms with Gasteiger partial charge in [0.1, 0.15) is 5.76 Å². The van der Waals surface area contributed by atoms with E-state index >= 15 is 0 Å². The molecule has 0 aliphatic rings. The number of amides is 1. The number of carbonyl (C=O) groups is 1. The second-order valence-corrected chi connectivity index (χ2v) is 4.68. The van der Waals surface area contributed by atoms with E-state index in [1.807, 2.05) is 19.9 Å². The Hall–Kier alpha value is -2.23. The molecule has 4 nitrogen and oxygen atoms in total. The third kappa shape index (κ3) is 2.62. The van der Waals surface area contributed by atoms with Gasteiger partial charge in [0, 0.05) is 30.4 Å². The maximum Gasteiger partial charge on any atom is 0.254 e. The van der Waals surface area contributed by atoms with Crippen LogP contribution in [0.15, 0.2) is 34.9 Å². The van der Waals surface area contributed by atoms with Crippen molar-refractivity contribution in [3.63, 3.8) is 0 Å². The summed E-state index contributed by atoms with van der Waals surface area (Å²) < 4.78 is 5.24. The summed E-state index contributed by atoms with van der Waals surface area (Å²) >= 11 is 0. The van der Waals surface area contributed by atoms with Crippen molar-refractivity contribution in [2.75, 3.05) is 12.8 Å². The number of hydrogen-bond donors (Lipinski definition) is 1. The summed E-state index contributed by atoms with van der Waals surface area (Å²) in [4.78, 5) is 14.1. The molecule has 19 heavy (non-hydrogen) atoms. The summed E-state index contributed by atoms with van der Waals surface area (Å²) in [7, 11) is 1.78. The molecule has 4 heteroatoms. The number of anilines is 1. The van der Waals surface area contributed by atoms with Crippen LogP contribution in [-0.4, -0.2) is 17.9 Å². The lowest BCUT2D eigenvalue weighted by atomic mass is 10.1. The van der Waals surface area contributed by atoms with E-state index in [1.54, 1.807) is 36.4 Å².